The highest BCUT2D eigenvalue weighted by molar-refractivity contribution is 9.10. The van der Waals surface area contributed by atoms with Gasteiger partial charge in [-0.3, -0.25) is 10.1 Å². The summed E-state index contributed by atoms with van der Waals surface area (Å²) in [5.74, 6) is -0.561. The Kier molecular flexibility index (Phi) is 4.28. The first-order valence-electron chi connectivity index (χ1n) is 5.22. The molecule has 0 N–H and O–H groups in total. The molecular weight excluding hydrogens is 334 g/mol. The molecule has 0 atom stereocenters. The van der Waals surface area contributed by atoms with E-state index in [9.17, 15) is 14.9 Å². The molecule has 0 bridgehead atoms. The van der Waals surface area contributed by atoms with Gasteiger partial charge in [-0.1, -0.05) is 45.5 Å². The number of ether oxygens (including phenoxy) is 1. The Morgan fingerprint density at radius 2 is 2.05 bits per heavy atom. The van der Waals surface area contributed by atoms with Crippen LogP contribution in [0.15, 0.2) is 40.9 Å². The van der Waals surface area contributed by atoms with E-state index in [1.54, 1.807) is 0 Å². The standard InChI is InChI=1S/C12H8BrNO4S/c13-9-4-2-1-3-8(9)7-18-12(15)10-5-6-11(19-10)14(16)17/h1-6H,7H2. The van der Waals surface area contributed by atoms with Crippen molar-refractivity contribution in [3.8, 4) is 0 Å². The lowest BCUT2D eigenvalue weighted by Gasteiger charge is -2.04. The molecule has 0 unspecified atom stereocenters. The summed E-state index contributed by atoms with van der Waals surface area (Å²) in [6.07, 6.45) is 0. The third-order valence-corrected chi connectivity index (χ3v) is 4.08. The number of carbonyl (C=O) groups excluding carboxylic acids is 1. The molecule has 5 nitrogen and oxygen atoms in total. The van der Waals surface area contributed by atoms with Gasteiger partial charge in [0.05, 0.1) is 4.92 Å². The number of esters is 1. The third-order valence-electron chi connectivity index (χ3n) is 2.29. The van der Waals surface area contributed by atoms with E-state index >= 15 is 0 Å². The van der Waals surface area contributed by atoms with Gasteiger partial charge in [-0.25, -0.2) is 4.79 Å². The van der Waals surface area contributed by atoms with Crippen LogP contribution in [0.2, 0.25) is 0 Å². The van der Waals surface area contributed by atoms with Crippen LogP contribution in [-0.2, 0) is 11.3 Å². The molecule has 1 heterocycles. The maximum atomic E-state index is 11.7. The molecule has 0 amide bonds. The molecule has 7 heteroatoms. The Balaban J connectivity index is 2.01. The number of thiophene rings is 1. The van der Waals surface area contributed by atoms with E-state index < -0.39 is 10.9 Å². The van der Waals surface area contributed by atoms with Crippen LogP contribution >= 0.6 is 27.3 Å². The SMILES string of the molecule is O=C(OCc1ccccc1Br)c1ccc([N+](=O)[O-])s1. The van der Waals surface area contributed by atoms with Crippen LogP contribution in [0.4, 0.5) is 5.00 Å². The molecule has 0 spiro atoms. The summed E-state index contributed by atoms with van der Waals surface area (Å²) < 4.78 is 5.95. The maximum absolute atomic E-state index is 11.7. The van der Waals surface area contributed by atoms with Crippen LogP contribution in [-0.4, -0.2) is 10.9 Å². The lowest BCUT2D eigenvalue weighted by molar-refractivity contribution is -0.380. The summed E-state index contributed by atoms with van der Waals surface area (Å²) >= 11 is 4.15. The maximum Gasteiger partial charge on any atom is 0.348 e. The monoisotopic (exact) mass is 341 g/mol. The largest absolute Gasteiger partial charge is 0.457 e. The minimum atomic E-state index is -0.561. The van der Waals surface area contributed by atoms with Crippen LogP contribution < -0.4 is 0 Å². The zero-order chi connectivity index (χ0) is 13.8. The van der Waals surface area contributed by atoms with E-state index in [2.05, 4.69) is 15.9 Å². The van der Waals surface area contributed by atoms with Gasteiger partial charge in [-0.05, 0) is 12.1 Å². The van der Waals surface area contributed by atoms with Crippen molar-refractivity contribution in [2.24, 2.45) is 0 Å². The molecule has 2 aromatic rings. The second-order valence-electron chi connectivity index (χ2n) is 3.56. The van der Waals surface area contributed by atoms with Gasteiger partial charge in [0.2, 0.25) is 0 Å². The number of nitro groups is 1. The average Bonchev–Trinajstić information content (AvgIpc) is 2.87. The lowest BCUT2D eigenvalue weighted by atomic mass is 10.2. The zero-order valence-electron chi connectivity index (χ0n) is 9.54. The second kappa shape index (κ2) is 5.94. The Morgan fingerprint density at radius 1 is 1.32 bits per heavy atom. The minimum absolute atomic E-state index is 0.0761. The van der Waals surface area contributed by atoms with E-state index in [4.69, 9.17) is 4.74 Å². The molecular formula is C12H8BrNO4S. The fourth-order valence-corrected chi connectivity index (χ4v) is 2.48. The summed E-state index contributed by atoms with van der Waals surface area (Å²) in [5, 5.41) is 10.4. The van der Waals surface area contributed by atoms with E-state index in [0.717, 1.165) is 21.4 Å². The number of carbonyl (C=O) groups is 1. The van der Waals surface area contributed by atoms with Crippen molar-refractivity contribution in [1.82, 2.24) is 0 Å². The fraction of sp³-hybridized carbons (Fsp3) is 0.0833. The molecule has 0 aliphatic carbocycles. The Bertz CT molecular complexity index is 626. The highest BCUT2D eigenvalue weighted by atomic mass is 79.9. The summed E-state index contributed by atoms with van der Waals surface area (Å²) in [6.45, 7) is 0.117. The van der Waals surface area contributed by atoms with E-state index in [1.807, 2.05) is 24.3 Å². The van der Waals surface area contributed by atoms with Gasteiger partial charge in [-0.15, -0.1) is 0 Å². The van der Waals surface area contributed by atoms with E-state index in [0.29, 0.717) is 0 Å². The van der Waals surface area contributed by atoms with Crippen molar-refractivity contribution in [1.29, 1.82) is 0 Å². The van der Waals surface area contributed by atoms with E-state index in [1.165, 1.54) is 12.1 Å². The highest BCUT2D eigenvalue weighted by Crippen LogP contribution is 2.25. The van der Waals surface area contributed by atoms with Crippen molar-refractivity contribution in [3.05, 3.63) is 61.4 Å². The summed E-state index contributed by atoms with van der Waals surface area (Å²) in [4.78, 5) is 21.9. The lowest BCUT2D eigenvalue weighted by Crippen LogP contribution is -2.03. The smallest absolute Gasteiger partial charge is 0.348 e. The van der Waals surface area contributed by atoms with Crippen molar-refractivity contribution in [2.45, 2.75) is 6.61 Å². The highest BCUT2D eigenvalue weighted by Gasteiger charge is 2.16. The van der Waals surface area contributed by atoms with Gasteiger partial charge >= 0.3 is 11.0 Å². The molecule has 1 aromatic heterocycles. The van der Waals surface area contributed by atoms with Gasteiger partial charge in [0.15, 0.2) is 0 Å². The molecule has 1 aromatic carbocycles. The van der Waals surface area contributed by atoms with Gasteiger partial charge in [0.25, 0.3) is 0 Å². The van der Waals surface area contributed by atoms with E-state index in [-0.39, 0.29) is 16.5 Å². The van der Waals surface area contributed by atoms with Crippen LogP contribution in [0.5, 0.6) is 0 Å². The van der Waals surface area contributed by atoms with Gasteiger partial charge in [-0.2, -0.15) is 0 Å². The van der Waals surface area contributed by atoms with Gasteiger partial charge in [0, 0.05) is 16.1 Å². The molecule has 0 aliphatic rings. The molecule has 0 saturated carbocycles. The first kappa shape index (κ1) is 13.7. The molecule has 2 rings (SSSR count). The first-order chi connectivity index (χ1) is 9.08. The molecule has 0 radical (unpaired) electrons. The predicted octanol–water partition coefficient (Wildman–Crippen LogP) is 3.78. The number of benzene rings is 1. The Hall–Kier alpha value is -1.73. The van der Waals surface area contributed by atoms with Gasteiger partial charge in [0.1, 0.15) is 11.5 Å². The molecule has 0 fully saturated rings. The normalized spacial score (nSPS) is 10.2. The Morgan fingerprint density at radius 3 is 2.68 bits per heavy atom. The first-order valence-corrected chi connectivity index (χ1v) is 6.83. The predicted molar refractivity (Wildman–Crippen MR) is 74.2 cm³/mol. The molecule has 98 valence electrons. The van der Waals surface area contributed by atoms with Crippen LogP contribution in [0, 0.1) is 10.1 Å². The third kappa shape index (κ3) is 3.39. The van der Waals surface area contributed by atoms with Crippen LogP contribution in [0.1, 0.15) is 15.2 Å². The second-order valence-corrected chi connectivity index (χ2v) is 5.48. The molecule has 0 saturated heterocycles. The van der Waals surface area contributed by atoms with Gasteiger partial charge < -0.3 is 4.74 Å². The molecule has 19 heavy (non-hydrogen) atoms. The Labute approximate surface area is 121 Å². The number of nitrogens with zero attached hydrogens (tertiary/aromatic N) is 1. The molecule has 0 aliphatic heterocycles. The van der Waals surface area contributed by atoms with Crippen molar-refractivity contribution < 1.29 is 14.5 Å². The number of halogens is 1. The summed E-state index contributed by atoms with van der Waals surface area (Å²) in [6, 6.07) is 10.1. The number of rotatable bonds is 4. The van der Waals surface area contributed by atoms with Crippen molar-refractivity contribution in [3.63, 3.8) is 0 Å². The van der Waals surface area contributed by atoms with Crippen molar-refractivity contribution in [2.75, 3.05) is 0 Å². The minimum Gasteiger partial charge on any atom is -0.457 e. The zero-order valence-corrected chi connectivity index (χ0v) is 11.9. The number of hydrogen-bond donors (Lipinski definition) is 0. The average molecular weight is 342 g/mol. The summed E-state index contributed by atoms with van der Waals surface area (Å²) in [7, 11) is 0. The number of hydrogen-bond acceptors (Lipinski definition) is 5. The summed E-state index contributed by atoms with van der Waals surface area (Å²) in [5.41, 5.74) is 0.835. The fourth-order valence-electron chi connectivity index (χ4n) is 1.37. The quantitative estimate of drug-likeness (QED) is 0.482. The van der Waals surface area contributed by atoms with Crippen LogP contribution in [0.3, 0.4) is 0 Å². The van der Waals surface area contributed by atoms with Crippen LogP contribution in [0.25, 0.3) is 0 Å². The topological polar surface area (TPSA) is 69.4 Å². The van der Waals surface area contributed by atoms with Crippen molar-refractivity contribution >= 4 is 38.2 Å².